The lowest BCUT2D eigenvalue weighted by molar-refractivity contribution is -0.147. The molecule has 0 unspecified atom stereocenters. The van der Waals surface area contributed by atoms with Crippen LogP contribution >= 0.6 is 0 Å². The SMILES string of the molecule is CCC(=O)N[C@@H](C(=O)N1CCN(C)CC1)[C@@H](C)c1ccc(NC(=O)CNC(=O)C(F)(F)c2ccc(OC)nc2)c(F)c1. The molecule has 3 rings (SSSR count). The van der Waals surface area contributed by atoms with Crippen LogP contribution in [0.25, 0.3) is 0 Å². The quantitative estimate of drug-likeness (QED) is 0.363. The molecule has 1 fully saturated rings. The zero-order chi connectivity index (χ0) is 31.0. The number of amides is 4. The minimum absolute atomic E-state index is 0.0830. The van der Waals surface area contributed by atoms with Gasteiger partial charge in [0, 0.05) is 56.3 Å². The number of ether oxygens (including phenoxy) is 1. The number of likely N-dealkylation sites (N-methyl/N-ethyl adjacent to an activating group) is 1. The lowest BCUT2D eigenvalue weighted by atomic mass is 9.91. The van der Waals surface area contributed by atoms with Crippen LogP contribution in [0.5, 0.6) is 5.88 Å². The molecule has 0 spiro atoms. The molecule has 0 aliphatic carbocycles. The molecule has 1 aromatic heterocycles. The lowest BCUT2D eigenvalue weighted by Gasteiger charge is -2.36. The Morgan fingerprint density at radius 3 is 2.33 bits per heavy atom. The normalized spacial score (nSPS) is 15.4. The first-order chi connectivity index (χ1) is 19.9. The van der Waals surface area contributed by atoms with Crippen LogP contribution in [0.2, 0.25) is 0 Å². The summed E-state index contributed by atoms with van der Waals surface area (Å²) in [6.45, 7) is 4.88. The minimum atomic E-state index is -3.98. The number of carbonyl (C=O) groups is 4. The van der Waals surface area contributed by atoms with Crippen molar-refractivity contribution in [2.45, 2.75) is 38.2 Å². The van der Waals surface area contributed by atoms with Gasteiger partial charge in [0.25, 0.3) is 5.91 Å². The van der Waals surface area contributed by atoms with Crippen molar-refractivity contribution in [1.29, 1.82) is 0 Å². The molecule has 1 aliphatic rings. The van der Waals surface area contributed by atoms with Crippen molar-refractivity contribution in [3.63, 3.8) is 0 Å². The van der Waals surface area contributed by atoms with Crippen LogP contribution in [0.1, 0.15) is 37.3 Å². The third kappa shape index (κ3) is 7.96. The Hall–Kier alpha value is -4.20. The van der Waals surface area contributed by atoms with E-state index in [1.165, 1.54) is 25.3 Å². The number of pyridine rings is 1. The van der Waals surface area contributed by atoms with Crippen LogP contribution in [0.4, 0.5) is 18.9 Å². The second kappa shape index (κ2) is 14.1. The fraction of sp³-hybridized carbons (Fsp3) is 0.464. The molecule has 1 saturated heterocycles. The molecule has 3 N–H and O–H groups in total. The molecule has 2 aromatic rings. The van der Waals surface area contributed by atoms with Gasteiger partial charge in [-0.2, -0.15) is 8.78 Å². The number of hydrogen-bond acceptors (Lipinski definition) is 7. The van der Waals surface area contributed by atoms with E-state index in [1.807, 2.05) is 12.4 Å². The van der Waals surface area contributed by atoms with Crippen LogP contribution < -0.4 is 20.7 Å². The highest BCUT2D eigenvalue weighted by Crippen LogP contribution is 2.29. The largest absolute Gasteiger partial charge is 0.481 e. The fourth-order valence-corrected chi connectivity index (χ4v) is 4.29. The predicted octanol–water partition coefficient (Wildman–Crippen LogP) is 1.85. The van der Waals surface area contributed by atoms with Crippen molar-refractivity contribution in [3.05, 3.63) is 53.5 Å². The highest BCUT2D eigenvalue weighted by atomic mass is 19.3. The number of benzene rings is 1. The fourth-order valence-electron chi connectivity index (χ4n) is 4.29. The van der Waals surface area contributed by atoms with Crippen molar-refractivity contribution >= 4 is 29.3 Å². The van der Waals surface area contributed by atoms with Crippen LogP contribution in [0.3, 0.4) is 0 Å². The van der Waals surface area contributed by atoms with Crippen LogP contribution in [-0.4, -0.2) is 91.3 Å². The van der Waals surface area contributed by atoms with E-state index in [9.17, 15) is 28.0 Å². The van der Waals surface area contributed by atoms with Gasteiger partial charge >= 0.3 is 5.92 Å². The summed E-state index contributed by atoms with van der Waals surface area (Å²) in [4.78, 5) is 57.3. The highest BCUT2D eigenvalue weighted by molar-refractivity contribution is 5.96. The maximum absolute atomic E-state index is 15.0. The monoisotopic (exact) mass is 592 g/mol. The number of anilines is 1. The predicted molar refractivity (Wildman–Crippen MR) is 147 cm³/mol. The van der Waals surface area contributed by atoms with E-state index >= 15 is 4.39 Å². The molecular weight excluding hydrogens is 557 g/mol. The zero-order valence-corrected chi connectivity index (χ0v) is 23.9. The van der Waals surface area contributed by atoms with E-state index in [0.29, 0.717) is 31.7 Å². The third-order valence-electron chi connectivity index (χ3n) is 7.01. The minimum Gasteiger partial charge on any atom is -0.481 e. The highest BCUT2D eigenvalue weighted by Gasteiger charge is 2.41. The molecule has 228 valence electrons. The van der Waals surface area contributed by atoms with Gasteiger partial charge in [-0.15, -0.1) is 0 Å². The number of halogens is 3. The Morgan fingerprint density at radius 2 is 1.76 bits per heavy atom. The molecule has 14 heteroatoms. The topological polar surface area (TPSA) is 133 Å². The Bertz CT molecular complexity index is 1290. The summed E-state index contributed by atoms with van der Waals surface area (Å²) in [5.41, 5.74) is -0.553. The molecule has 1 aliphatic heterocycles. The number of alkyl halides is 2. The first kappa shape index (κ1) is 32.3. The van der Waals surface area contributed by atoms with Gasteiger partial charge in [-0.25, -0.2) is 9.37 Å². The number of carbonyl (C=O) groups excluding carboxylic acids is 4. The summed E-state index contributed by atoms with van der Waals surface area (Å²) in [5, 5.41) is 6.82. The Labute approximate surface area is 241 Å². The first-order valence-electron chi connectivity index (χ1n) is 13.4. The van der Waals surface area contributed by atoms with E-state index < -0.39 is 47.6 Å². The Balaban J connectivity index is 1.65. The number of hydrogen-bond donors (Lipinski definition) is 3. The number of nitrogens with one attached hydrogen (secondary N) is 3. The molecule has 2 atom stereocenters. The average molecular weight is 593 g/mol. The molecule has 11 nitrogen and oxygen atoms in total. The van der Waals surface area contributed by atoms with Crippen LogP contribution in [0.15, 0.2) is 36.5 Å². The van der Waals surface area contributed by atoms with Gasteiger partial charge in [-0.1, -0.05) is 19.9 Å². The summed E-state index contributed by atoms with van der Waals surface area (Å²) in [5.74, 6) is -8.62. The van der Waals surface area contributed by atoms with Crippen molar-refractivity contribution in [3.8, 4) is 5.88 Å². The second-order valence-electron chi connectivity index (χ2n) is 9.95. The van der Waals surface area contributed by atoms with Gasteiger partial charge in [0.2, 0.25) is 23.6 Å². The maximum atomic E-state index is 15.0. The summed E-state index contributed by atoms with van der Waals surface area (Å²) >= 11 is 0. The maximum Gasteiger partial charge on any atom is 0.351 e. The molecule has 2 heterocycles. The summed E-state index contributed by atoms with van der Waals surface area (Å²) in [6.07, 6.45) is 0.950. The van der Waals surface area contributed by atoms with Gasteiger partial charge in [0.1, 0.15) is 11.9 Å². The van der Waals surface area contributed by atoms with Crippen LogP contribution in [-0.2, 0) is 25.1 Å². The lowest BCUT2D eigenvalue weighted by Crippen LogP contribution is -2.55. The van der Waals surface area contributed by atoms with E-state index in [-0.39, 0.29) is 29.8 Å². The number of nitrogens with zero attached hydrogens (tertiary/aromatic N) is 3. The smallest absolute Gasteiger partial charge is 0.351 e. The van der Waals surface area contributed by atoms with E-state index in [2.05, 4.69) is 20.5 Å². The standard InChI is InChI=1S/C28H35F3N6O5/c1-5-22(38)35-25(26(40)37-12-10-36(3)11-13-37)17(2)18-6-8-21(20(29)14-18)34-23(39)16-33-27(41)28(30,31)19-7-9-24(42-4)32-15-19/h6-9,14-15,17,25H,5,10-13,16H2,1-4H3,(H,33,41)(H,34,39)(H,35,38)/t17-,25+/m0/s1. The molecular formula is C28H35F3N6O5. The molecule has 42 heavy (non-hydrogen) atoms. The van der Waals surface area contributed by atoms with Gasteiger partial charge < -0.3 is 30.5 Å². The van der Waals surface area contributed by atoms with Crippen LogP contribution in [0, 0.1) is 5.82 Å². The first-order valence-corrected chi connectivity index (χ1v) is 13.4. The number of methoxy groups -OCH3 is 1. The number of rotatable bonds is 11. The van der Waals surface area contributed by atoms with Crippen molar-refractivity contribution < 1.29 is 37.1 Å². The second-order valence-corrected chi connectivity index (χ2v) is 9.95. The number of piperazine rings is 1. The molecule has 0 radical (unpaired) electrons. The van der Waals surface area contributed by atoms with Gasteiger partial charge in [-0.05, 0) is 30.8 Å². The van der Waals surface area contributed by atoms with E-state index in [1.54, 1.807) is 18.7 Å². The van der Waals surface area contributed by atoms with Crippen molar-refractivity contribution in [1.82, 2.24) is 25.4 Å². The summed E-state index contributed by atoms with van der Waals surface area (Å²) in [7, 11) is 3.26. The molecule has 0 saturated carbocycles. The summed E-state index contributed by atoms with van der Waals surface area (Å²) < 4.78 is 48.7. The number of aromatic nitrogens is 1. The van der Waals surface area contributed by atoms with E-state index in [0.717, 1.165) is 18.3 Å². The van der Waals surface area contributed by atoms with Gasteiger partial charge in [0.15, 0.2) is 0 Å². The van der Waals surface area contributed by atoms with Gasteiger partial charge in [-0.3, -0.25) is 19.2 Å². The average Bonchev–Trinajstić information content (AvgIpc) is 2.99. The van der Waals surface area contributed by atoms with Gasteiger partial charge in [0.05, 0.1) is 19.3 Å². The molecule has 4 amide bonds. The Kier molecular flexibility index (Phi) is 10.9. The Morgan fingerprint density at radius 1 is 1.07 bits per heavy atom. The van der Waals surface area contributed by atoms with E-state index in [4.69, 9.17) is 4.74 Å². The van der Waals surface area contributed by atoms with Crippen molar-refractivity contribution in [2.24, 2.45) is 0 Å². The summed E-state index contributed by atoms with van der Waals surface area (Å²) in [6, 6.07) is 5.09. The molecule has 0 bridgehead atoms. The third-order valence-corrected chi connectivity index (χ3v) is 7.01. The zero-order valence-electron chi connectivity index (χ0n) is 23.9. The van der Waals surface area contributed by atoms with Crippen molar-refractivity contribution in [2.75, 3.05) is 52.2 Å². The molecule has 1 aromatic carbocycles.